The Balaban J connectivity index is 1.45. The number of aliphatic imine (C=N–C) groups is 1. The van der Waals surface area contributed by atoms with Crippen LogP contribution in [0.5, 0.6) is 11.5 Å². The van der Waals surface area contributed by atoms with Crippen molar-refractivity contribution in [3.8, 4) is 11.5 Å². The zero-order chi connectivity index (χ0) is 17.1. The van der Waals surface area contributed by atoms with Gasteiger partial charge >= 0.3 is 0 Å². The van der Waals surface area contributed by atoms with Gasteiger partial charge in [-0.1, -0.05) is 24.3 Å². The van der Waals surface area contributed by atoms with Gasteiger partial charge in [-0.2, -0.15) is 0 Å². The van der Waals surface area contributed by atoms with Crippen LogP contribution in [-0.4, -0.2) is 12.8 Å². The van der Waals surface area contributed by atoms with Gasteiger partial charge in [0, 0.05) is 17.6 Å². The molecule has 0 bridgehead atoms. The summed E-state index contributed by atoms with van der Waals surface area (Å²) in [7, 11) is 0. The van der Waals surface area contributed by atoms with E-state index < -0.39 is 0 Å². The van der Waals surface area contributed by atoms with Crippen molar-refractivity contribution in [1.29, 1.82) is 0 Å². The Morgan fingerprint density at radius 2 is 2.08 bits per heavy atom. The second kappa shape index (κ2) is 6.98. The lowest BCUT2D eigenvalue weighted by Crippen LogP contribution is -2.00. The fourth-order valence-electron chi connectivity index (χ4n) is 2.80. The van der Waals surface area contributed by atoms with Crippen molar-refractivity contribution in [2.45, 2.75) is 19.8 Å². The molecule has 126 valence electrons. The van der Waals surface area contributed by atoms with Crippen LogP contribution in [0.2, 0.25) is 0 Å². The summed E-state index contributed by atoms with van der Waals surface area (Å²) in [6, 6.07) is 14.4. The number of ether oxygens (including phenoxy) is 1. The van der Waals surface area contributed by atoms with Gasteiger partial charge in [0.1, 0.15) is 11.5 Å². The highest BCUT2D eigenvalue weighted by molar-refractivity contribution is 5.76. The maximum Gasteiger partial charge on any atom is 0.130 e. The second-order valence-corrected chi connectivity index (χ2v) is 6.66. The molecule has 2 aromatic carbocycles. The second-order valence-electron chi connectivity index (χ2n) is 6.66. The van der Waals surface area contributed by atoms with E-state index in [1.165, 1.54) is 18.4 Å². The predicted molar refractivity (Wildman–Crippen MR) is 105 cm³/mol. The average Bonchev–Trinajstić information content (AvgIpc) is 3.31. The van der Waals surface area contributed by atoms with E-state index >= 15 is 0 Å². The zero-order valence-corrected chi connectivity index (χ0v) is 14.4. The van der Waals surface area contributed by atoms with E-state index in [2.05, 4.69) is 47.6 Å². The fourth-order valence-corrected chi connectivity index (χ4v) is 2.80. The van der Waals surface area contributed by atoms with Crippen LogP contribution in [0.15, 0.2) is 65.3 Å². The molecule has 0 radical (unpaired) electrons. The van der Waals surface area contributed by atoms with Crippen LogP contribution >= 0.6 is 0 Å². The summed E-state index contributed by atoms with van der Waals surface area (Å²) in [5.74, 6) is 2.53. The topological polar surface area (TPSA) is 33.6 Å². The number of nitrogens with zero attached hydrogens (tertiary/aromatic N) is 1. The first-order chi connectivity index (χ1) is 12.3. The van der Waals surface area contributed by atoms with Gasteiger partial charge in [-0.3, -0.25) is 4.99 Å². The molecular formula is C22H22N2O. The lowest BCUT2D eigenvalue weighted by Gasteiger charge is -2.12. The van der Waals surface area contributed by atoms with Crippen molar-refractivity contribution in [3.05, 3.63) is 71.4 Å². The molecule has 4 rings (SSSR count). The molecule has 0 aromatic heterocycles. The van der Waals surface area contributed by atoms with Crippen LogP contribution < -0.4 is 10.1 Å². The van der Waals surface area contributed by atoms with Gasteiger partial charge in [0.25, 0.3) is 0 Å². The Morgan fingerprint density at radius 3 is 2.84 bits per heavy atom. The van der Waals surface area contributed by atoms with E-state index in [9.17, 15) is 0 Å². The third-order valence-corrected chi connectivity index (χ3v) is 4.39. The van der Waals surface area contributed by atoms with Gasteiger partial charge in [0.05, 0.1) is 6.54 Å². The van der Waals surface area contributed by atoms with Crippen LogP contribution in [0.4, 0.5) is 5.69 Å². The first kappa shape index (κ1) is 15.7. The van der Waals surface area contributed by atoms with Gasteiger partial charge < -0.3 is 10.1 Å². The molecule has 1 saturated carbocycles. The van der Waals surface area contributed by atoms with Crippen molar-refractivity contribution >= 4 is 18.0 Å². The SMILES string of the molecule is Cc1cc(NC2=CC=NC2)ccc1Oc1cccc(/C=C/C2CC2)c1. The largest absolute Gasteiger partial charge is 0.457 e. The van der Waals surface area contributed by atoms with Gasteiger partial charge in [0.15, 0.2) is 0 Å². The standard InChI is InChI=1S/C22H22N2O/c1-16-13-19(24-20-11-12-23-15-20)9-10-22(16)25-21-4-2-3-18(14-21)8-7-17-5-6-17/h2-4,7-14,17,24H,5-6,15H2,1H3/b8-7+. The maximum atomic E-state index is 6.10. The highest BCUT2D eigenvalue weighted by atomic mass is 16.5. The van der Waals surface area contributed by atoms with E-state index in [0.29, 0.717) is 0 Å². The highest BCUT2D eigenvalue weighted by Crippen LogP contribution is 2.32. The Labute approximate surface area is 148 Å². The molecule has 0 unspecified atom stereocenters. The fraction of sp³-hybridized carbons (Fsp3) is 0.227. The smallest absolute Gasteiger partial charge is 0.130 e. The highest BCUT2D eigenvalue weighted by Gasteiger charge is 2.16. The van der Waals surface area contributed by atoms with E-state index in [0.717, 1.165) is 40.9 Å². The molecule has 2 aliphatic rings. The third kappa shape index (κ3) is 4.18. The van der Waals surface area contributed by atoms with Crippen molar-refractivity contribution in [2.75, 3.05) is 11.9 Å². The molecule has 2 aromatic rings. The summed E-state index contributed by atoms with van der Waals surface area (Å²) in [5.41, 5.74) is 4.46. The first-order valence-electron chi connectivity index (χ1n) is 8.79. The number of allylic oxidation sites excluding steroid dienone is 2. The number of nitrogens with one attached hydrogen (secondary N) is 1. The van der Waals surface area contributed by atoms with Gasteiger partial charge in [-0.25, -0.2) is 0 Å². The molecule has 0 atom stereocenters. The number of aryl methyl sites for hydroxylation is 1. The lowest BCUT2D eigenvalue weighted by atomic mass is 10.1. The molecule has 3 heteroatoms. The summed E-state index contributed by atoms with van der Waals surface area (Å²) >= 11 is 0. The number of benzene rings is 2. The summed E-state index contributed by atoms with van der Waals surface area (Å²) in [6.45, 7) is 2.79. The molecule has 0 spiro atoms. The van der Waals surface area contributed by atoms with Crippen LogP contribution in [-0.2, 0) is 0 Å². The molecule has 0 saturated heterocycles. The minimum Gasteiger partial charge on any atom is -0.457 e. The minimum absolute atomic E-state index is 0.721. The molecule has 0 amide bonds. The summed E-state index contributed by atoms with van der Waals surface area (Å²) in [6.07, 6.45) is 11.0. The number of rotatable bonds is 6. The van der Waals surface area contributed by atoms with Crippen molar-refractivity contribution in [2.24, 2.45) is 10.9 Å². The average molecular weight is 330 g/mol. The summed E-state index contributed by atoms with van der Waals surface area (Å²) < 4.78 is 6.10. The molecule has 1 aliphatic heterocycles. The molecule has 1 N–H and O–H groups in total. The third-order valence-electron chi connectivity index (χ3n) is 4.39. The molecule has 1 fully saturated rings. The van der Waals surface area contributed by atoms with Crippen LogP contribution in [0, 0.1) is 12.8 Å². The quantitative estimate of drug-likeness (QED) is 0.749. The Kier molecular flexibility index (Phi) is 4.38. The van der Waals surface area contributed by atoms with E-state index in [1.807, 2.05) is 36.6 Å². The summed E-state index contributed by atoms with van der Waals surface area (Å²) in [4.78, 5) is 4.18. The van der Waals surface area contributed by atoms with Gasteiger partial charge in [-0.05, 0) is 73.2 Å². The van der Waals surface area contributed by atoms with Crippen molar-refractivity contribution < 1.29 is 4.74 Å². The number of hydrogen-bond acceptors (Lipinski definition) is 3. The predicted octanol–water partition coefficient (Wildman–Crippen LogP) is 5.59. The van der Waals surface area contributed by atoms with Crippen LogP contribution in [0.3, 0.4) is 0 Å². The zero-order valence-electron chi connectivity index (χ0n) is 14.4. The number of hydrogen-bond donors (Lipinski definition) is 1. The van der Waals surface area contributed by atoms with Crippen LogP contribution in [0.1, 0.15) is 24.0 Å². The Hall–Kier alpha value is -2.81. The van der Waals surface area contributed by atoms with Crippen molar-refractivity contribution in [3.63, 3.8) is 0 Å². The molecule has 1 aliphatic carbocycles. The molecular weight excluding hydrogens is 308 g/mol. The minimum atomic E-state index is 0.721. The van der Waals surface area contributed by atoms with Gasteiger partial charge in [-0.15, -0.1) is 0 Å². The van der Waals surface area contributed by atoms with Crippen LogP contribution in [0.25, 0.3) is 6.08 Å². The van der Waals surface area contributed by atoms with Crippen molar-refractivity contribution in [1.82, 2.24) is 0 Å². The van der Waals surface area contributed by atoms with Gasteiger partial charge in [0.2, 0.25) is 0 Å². The summed E-state index contributed by atoms with van der Waals surface area (Å²) in [5, 5.41) is 3.39. The van der Waals surface area contributed by atoms with E-state index in [-0.39, 0.29) is 0 Å². The van der Waals surface area contributed by atoms with E-state index in [4.69, 9.17) is 4.74 Å². The van der Waals surface area contributed by atoms with E-state index in [1.54, 1.807) is 0 Å². The normalized spacial score (nSPS) is 16.3. The molecule has 25 heavy (non-hydrogen) atoms. The first-order valence-corrected chi connectivity index (χ1v) is 8.79. The Morgan fingerprint density at radius 1 is 1.16 bits per heavy atom. The monoisotopic (exact) mass is 330 g/mol. The maximum absolute atomic E-state index is 6.10. The number of anilines is 1. The molecule has 3 nitrogen and oxygen atoms in total. The Bertz CT molecular complexity index is 860. The lowest BCUT2D eigenvalue weighted by molar-refractivity contribution is 0.479. The molecule has 1 heterocycles.